The number of H-pyrrole nitrogens is 1. The molecule has 110 valence electrons. The highest BCUT2D eigenvalue weighted by molar-refractivity contribution is 5.89. The molecule has 0 unspecified atom stereocenters. The number of hydrogen-bond donors (Lipinski definition) is 2. The number of carbonyl (C=O) groups excluding carboxylic acids is 1. The summed E-state index contributed by atoms with van der Waals surface area (Å²) in [5.74, 6) is -1.79. The van der Waals surface area contributed by atoms with Crippen molar-refractivity contribution in [2.24, 2.45) is 5.92 Å². The largest absolute Gasteiger partial charge is 0.462 e. The number of esters is 1. The van der Waals surface area contributed by atoms with E-state index in [0.29, 0.717) is 5.56 Å². The fraction of sp³-hybridized carbons (Fsp3) is 0.538. The number of carbonyl (C=O) groups is 1. The van der Waals surface area contributed by atoms with Crippen LogP contribution in [0.25, 0.3) is 0 Å². The number of ether oxygens (including phenoxy) is 1. The third-order valence-corrected chi connectivity index (χ3v) is 3.36. The zero-order valence-corrected chi connectivity index (χ0v) is 10.9. The van der Waals surface area contributed by atoms with Gasteiger partial charge in [-0.1, -0.05) is 0 Å². The van der Waals surface area contributed by atoms with E-state index in [1.54, 1.807) is 6.92 Å². The minimum Gasteiger partial charge on any atom is -0.462 e. The Morgan fingerprint density at radius 3 is 2.90 bits per heavy atom. The number of aromatic amines is 1. The second kappa shape index (κ2) is 5.70. The molecule has 20 heavy (non-hydrogen) atoms. The second-order valence-electron chi connectivity index (χ2n) is 4.72. The number of aromatic nitrogens is 1. The summed E-state index contributed by atoms with van der Waals surface area (Å²) in [6, 6.07) is 1.23. The van der Waals surface area contributed by atoms with Gasteiger partial charge in [-0.15, -0.1) is 0 Å². The van der Waals surface area contributed by atoms with Gasteiger partial charge in [-0.05, 0) is 25.8 Å². The van der Waals surface area contributed by atoms with Gasteiger partial charge in [0, 0.05) is 17.2 Å². The van der Waals surface area contributed by atoms with E-state index in [1.807, 2.05) is 0 Å². The Kier molecular flexibility index (Phi) is 4.17. The molecule has 7 heteroatoms. The average Bonchev–Trinajstić information content (AvgIpc) is 2.37. The molecule has 2 rings (SSSR count). The predicted octanol–water partition coefficient (Wildman–Crippen LogP) is 1.41. The summed E-state index contributed by atoms with van der Waals surface area (Å²) < 4.78 is 30.2. The Labute approximate surface area is 113 Å². The third-order valence-electron chi connectivity index (χ3n) is 3.36. The van der Waals surface area contributed by atoms with Gasteiger partial charge in [0.2, 0.25) is 6.43 Å². The van der Waals surface area contributed by atoms with Crippen molar-refractivity contribution < 1.29 is 23.4 Å². The molecule has 1 aromatic rings. The van der Waals surface area contributed by atoms with Gasteiger partial charge in [0.25, 0.3) is 5.56 Å². The molecule has 5 nitrogen and oxygen atoms in total. The Hall–Kier alpha value is -1.76. The first-order chi connectivity index (χ1) is 9.43. The van der Waals surface area contributed by atoms with E-state index >= 15 is 0 Å². The van der Waals surface area contributed by atoms with Crippen LogP contribution in [-0.4, -0.2) is 29.1 Å². The first-order valence-corrected chi connectivity index (χ1v) is 6.33. The summed E-state index contributed by atoms with van der Waals surface area (Å²) in [6.45, 7) is 1.72. The molecule has 1 aliphatic carbocycles. The van der Waals surface area contributed by atoms with Gasteiger partial charge < -0.3 is 14.8 Å². The van der Waals surface area contributed by atoms with Crippen LogP contribution in [0, 0.1) is 5.92 Å². The molecule has 1 aliphatic rings. The molecule has 0 spiro atoms. The van der Waals surface area contributed by atoms with Crippen LogP contribution in [-0.2, 0) is 11.2 Å². The van der Waals surface area contributed by atoms with Gasteiger partial charge in [-0.2, -0.15) is 0 Å². The number of hydrogen-bond acceptors (Lipinski definition) is 4. The van der Waals surface area contributed by atoms with Gasteiger partial charge in [0.1, 0.15) is 5.56 Å². The van der Waals surface area contributed by atoms with Gasteiger partial charge in [-0.3, -0.25) is 4.79 Å². The van der Waals surface area contributed by atoms with Gasteiger partial charge >= 0.3 is 5.97 Å². The zero-order chi connectivity index (χ0) is 14.9. The summed E-state index contributed by atoms with van der Waals surface area (Å²) in [7, 11) is 0. The molecule has 0 saturated heterocycles. The lowest BCUT2D eigenvalue weighted by molar-refractivity contribution is 0.0290. The Morgan fingerprint density at radius 2 is 2.30 bits per heavy atom. The summed E-state index contributed by atoms with van der Waals surface area (Å²) in [4.78, 5) is 25.8. The normalized spacial score (nSPS) is 21.6. The number of aliphatic hydroxyl groups is 1. The molecule has 0 radical (unpaired) electrons. The van der Waals surface area contributed by atoms with Crippen LogP contribution in [0.4, 0.5) is 8.78 Å². The lowest BCUT2D eigenvalue weighted by Gasteiger charge is -2.27. The Bertz CT molecular complexity index is 570. The topological polar surface area (TPSA) is 79.4 Å². The number of fused-ring (bicyclic) bond motifs is 1. The average molecular weight is 287 g/mol. The number of nitrogens with one attached hydrogen (secondary N) is 1. The molecule has 1 heterocycles. The van der Waals surface area contributed by atoms with Gasteiger partial charge in [0.15, 0.2) is 0 Å². The van der Waals surface area contributed by atoms with E-state index in [0.717, 1.165) is 0 Å². The fourth-order valence-electron chi connectivity index (χ4n) is 2.36. The maximum absolute atomic E-state index is 12.7. The van der Waals surface area contributed by atoms with Crippen LogP contribution in [0.3, 0.4) is 0 Å². The molecule has 2 N–H and O–H groups in total. The maximum Gasteiger partial charge on any atom is 0.343 e. The van der Waals surface area contributed by atoms with E-state index in [2.05, 4.69) is 4.98 Å². The molecule has 0 aromatic carbocycles. The molecule has 2 atom stereocenters. The summed E-state index contributed by atoms with van der Waals surface area (Å²) >= 11 is 0. The molecule has 0 fully saturated rings. The molecule has 0 saturated carbocycles. The monoisotopic (exact) mass is 287 g/mol. The third kappa shape index (κ3) is 2.72. The minimum atomic E-state index is -2.56. The molecule has 0 amide bonds. The number of aliphatic hydroxyl groups excluding tert-OH is 1. The lowest BCUT2D eigenvalue weighted by atomic mass is 9.84. The van der Waals surface area contributed by atoms with Crippen LogP contribution < -0.4 is 5.56 Å². The number of pyridine rings is 1. The van der Waals surface area contributed by atoms with Crippen molar-refractivity contribution in [2.75, 3.05) is 6.61 Å². The van der Waals surface area contributed by atoms with Crippen LogP contribution >= 0.6 is 0 Å². The quantitative estimate of drug-likeness (QED) is 0.824. The summed E-state index contributed by atoms with van der Waals surface area (Å²) in [5, 5.41) is 9.90. The van der Waals surface area contributed by atoms with Crippen molar-refractivity contribution in [2.45, 2.75) is 32.3 Å². The highest BCUT2D eigenvalue weighted by Crippen LogP contribution is 2.34. The van der Waals surface area contributed by atoms with E-state index in [4.69, 9.17) is 4.74 Å². The van der Waals surface area contributed by atoms with Crippen LogP contribution in [0.1, 0.15) is 41.1 Å². The summed E-state index contributed by atoms with van der Waals surface area (Å²) in [6.07, 6.45) is -3.81. The Morgan fingerprint density at radius 1 is 1.60 bits per heavy atom. The standard InChI is InChI=1S/C13H15F2NO4/c1-2-20-13(19)8-5-7-9(16-12(8)18)3-6(11(14)15)4-10(7)17/h5-6,10-11,17H,2-4H2,1H3,(H,16,18)/t6-,10-/m0/s1. The van der Waals surface area contributed by atoms with Crippen LogP contribution in [0.15, 0.2) is 10.9 Å². The van der Waals surface area contributed by atoms with Crippen LogP contribution in [0.5, 0.6) is 0 Å². The van der Waals surface area contributed by atoms with Crippen molar-refractivity contribution in [1.82, 2.24) is 4.98 Å². The van der Waals surface area contributed by atoms with Gasteiger partial charge in [0.05, 0.1) is 12.7 Å². The molecular weight excluding hydrogens is 272 g/mol. The highest BCUT2D eigenvalue weighted by atomic mass is 19.3. The van der Waals surface area contributed by atoms with E-state index in [-0.39, 0.29) is 30.7 Å². The number of halogens is 2. The minimum absolute atomic E-state index is 0.0254. The van der Waals surface area contributed by atoms with E-state index in [1.165, 1.54) is 6.07 Å². The molecular formula is C13H15F2NO4. The van der Waals surface area contributed by atoms with E-state index in [9.17, 15) is 23.5 Å². The summed E-state index contributed by atoms with van der Waals surface area (Å²) in [5.41, 5.74) is -0.346. The first-order valence-electron chi connectivity index (χ1n) is 6.33. The van der Waals surface area contributed by atoms with Crippen molar-refractivity contribution in [1.29, 1.82) is 0 Å². The van der Waals surface area contributed by atoms with Crippen molar-refractivity contribution in [3.8, 4) is 0 Å². The second-order valence-corrected chi connectivity index (χ2v) is 4.72. The highest BCUT2D eigenvalue weighted by Gasteiger charge is 2.33. The number of rotatable bonds is 3. The predicted molar refractivity (Wildman–Crippen MR) is 65.8 cm³/mol. The smallest absolute Gasteiger partial charge is 0.343 e. The first kappa shape index (κ1) is 14.6. The van der Waals surface area contributed by atoms with Gasteiger partial charge in [-0.25, -0.2) is 13.6 Å². The Balaban J connectivity index is 2.40. The van der Waals surface area contributed by atoms with E-state index < -0.39 is 30.0 Å². The molecule has 0 bridgehead atoms. The lowest BCUT2D eigenvalue weighted by Crippen LogP contribution is -2.30. The van der Waals surface area contributed by atoms with Crippen molar-refractivity contribution in [3.63, 3.8) is 0 Å². The van der Waals surface area contributed by atoms with Crippen molar-refractivity contribution >= 4 is 5.97 Å². The van der Waals surface area contributed by atoms with Crippen LogP contribution in [0.2, 0.25) is 0 Å². The molecule has 1 aromatic heterocycles. The zero-order valence-electron chi connectivity index (χ0n) is 10.9. The SMILES string of the molecule is CCOC(=O)c1cc2c([nH]c1=O)C[C@H](C(F)F)C[C@@H]2O. The fourth-order valence-corrected chi connectivity index (χ4v) is 2.36. The maximum atomic E-state index is 12.7. The number of alkyl halides is 2. The van der Waals surface area contributed by atoms with Crippen molar-refractivity contribution in [3.05, 3.63) is 33.2 Å². The molecule has 0 aliphatic heterocycles.